The second-order valence-electron chi connectivity index (χ2n) is 3.86. The molecule has 0 aliphatic carbocycles. The minimum atomic E-state index is -4.67. The summed E-state index contributed by atoms with van der Waals surface area (Å²) in [6.07, 6.45) is 0. The first kappa shape index (κ1) is 14.9. The fraction of sp³-hybridized carbons (Fsp3) is 0. The molecule has 0 amide bonds. The lowest BCUT2D eigenvalue weighted by atomic mass is 10.2. The molecule has 2 N–H and O–H groups in total. The molecule has 0 radical (unpaired) electrons. The van der Waals surface area contributed by atoms with Crippen LogP contribution in [0, 0.1) is 0 Å². The number of para-hydroxylation sites is 2. The zero-order valence-electron chi connectivity index (χ0n) is 9.86. The second kappa shape index (κ2) is 5.49. The van der Waals surface area contributed by atoms with E-state index in [1.54, 1.807) is 0 Å². The van der Waals surface area contributed by atoms with Crippen molar-refractivity contribution in [2.24, 2.45) is 0 Å². The van der Waals surface area contributed by atoms with Crippen molar-refractivity contribution in [1.82, 2.24) is 0 Å². The molecular weight excluding hydrogens is 325 g/mol. The molecule has 20 heavy (non-hydrogen) atoms. The van der Waals surface area contributed by atoms with Crippen molar-refractivity contribution in [1.29, 1.82) is 0 Å². The summed E-state index contributed by atoms with van der Waals surface area (Å²) in [4.78, 5) is 0. The molecule has 0 aliphatic heterocycles. The van der Waals surface area contributed by atoms with E-state index < -0.39 is 10.3 Å². The number of phenolic OH excluding ortho intramolecular Hbond substituents is 1. The topological polar surface area (TPSA) is 77.8 Å². The third kappa shape index (κ3) is 3.16. The molecule has 0 atom stereocenters. The third-order valence-corrected chi connectivity index (χ3v) is 3.72. The Kier molecular flexibility index (Phi) is 4.10. The molecule has 0 spiro atoms. The number of hydrogen-bond donors (Lipinski definition) is 2. The third-order valence-electron chi connectivity index (χ3n) is 2.41. The van der Waals surface area contributed by atoms with Gasteiger partial charge in [-0.1, -0.05) is 35.3 Å². The number of phenols is 1. The van der Waals surface area contributed by atoms with Crippen molar-refractivity contribution in [2.45, 2.75) is 0 Å². The van der Waals surface area contributed by atoms with Gasteiger partial charge in [-0.05, 0) is 30.3 Å². The zero-order chi connectivity index (χ0) is 14.9. The summed E-state index contributed by atoms with van der Waals surface area (Å²) in [5, 5.41) is 10.1. The SMILES string of the molecule is O=S(=O)(O)N(c1cc(Cl)cc(Cl)c1)c1ccccc1O. The predicted molar refractivity (Wildman–Crippen MR) is 78.3 cm³/mol. The van der Waals surface area contributed by atoms with E-state index in [4.69, 9.17) is 23.2 Å². The summed E-state index contributed by atoms with van der Waals surface area (Å²) in [5.74, 6) is -0.318. The van der Waals surface area contributed by atoms with Crippen molar-refractivity contribution in [3.63, 3.8) is 0 Å². The number of aromatic hydroxyl groups is 1. The number of halogens is 2. The molecule has 0 saturated heterocycles. The molecule has 0 fully saturated rings. The highest BCUT2D eigenvalue weighted by molar-refractivity contribution is 7.87. The van der Waals surface area contributed by atoms with Crippen LogP contribution < -0.4 is 4.31 Å². The summed E-state index contributed by atoms with van der Waals surface area (Å²) in [6, 6.07) is 9.67. The molecular formula is C12H9Cl2NO4S. The molecule has 0 aromatic heterocycles. The van der Waals surface area contributed by atoms with Gasteiger partial charge in [-0.3, -0.25) is 4.55 Å². The zero-order valence-corrected chi connectivity index (χ0v) is 12.2. The van der Waals surface area contributed by atoms with Crippen LogP contribution >= 0.6 is 23.2 Å². The standard InChI is InChI=1S/C12H9Cl2NO4S/c13-8-5-9(14)7-10(6-8)15(20(17,18)19)11-3-1-2-4-12(11)16/h1-7,16H,(H,17,18,19). The first-order chi connectivity index (χ1) is 9.29. The summed E-state index contributed by atoms with van der Waals surface area (Å²) in [5.41, 5.74) is -0.111. The van der Waals surface area contributed by atoms with Gasteiger partial charge in [-0.25, -0.2) is 4.31 Å². The first-order valence-corrected chi connectivity index (χ1v) is 7.46. The Bertz CT molecular complexity index is 729. The van der Waals surface area contributed by atoms with Gasteiger partial charge in [0.1, 0.15) is 11.4 Å². The fourth-order valence-corrected chi connectivity index (χ4v) is 2.98. The van der Waals surface area contributed by atoms with Crippen LogP contribution in [0.3, 0.4) is 0 Å². The van der Waals surface area contributed by atoms with Crippen LogP contribution in [-0.2, 0) is 10.3 Å². The van der Waals surface area contributed by atoms with E-state index >= 15 is 0 Å². The van der Waals surface area contributed by atoms with Crippen LogP contribution in [0.2, 0.25) is 10.0 Å². The maximum atomic E-state index is 11.6. The van der Waals surface area contributed by atoms with E-state index in [0.717, 1.165) is 0 Å². The summed E-state index contributed by atoms with van der Waals surface area (Å²) in [7, 11) is -4.67. The molecule has 0 heterocycles. The number of rotatable bonds is 3. The van der Waals surface area contributed by atoms with Gasteiger partial charge in [0.25, 0.3) is 0 Å². The molecule has 0 saturated carbocycles. The van der Waals surface area contributed by atoms with Gasteiger partial charge < -0.3 is 5.11 Å². The highest BCUT2D eigenvalue weighted by atomic mass is 35.5. The van der Waals surface area contributed by atoms with Crippen LogP contribution in [-0.4, -0.2) is 18.1 Å². The lowest BCUT2D eigenvalue weighted by Crippen LogP contribution is -2.25. The van der Waals surface area contributed by atoms with Gasteiger partial charge in [-0.2, -0.15) is 8.42 Å². The second-order valence-corrected chi connectivity index (χ2v) is 5.99. The maximum Gasteiger partial charge on any atom is 0.364 e. The Labute approximate surface area is 125 Å². The molecule has 106 valence electrons. The molecule has 2 aromatic rings. The van der Waals surface area contributed by atoms with Gasteiger partial charge >= 0.3 is 10.3 Å². The first-order valence-electron chi connectivity index (χ1n) is 5.31. The van der Waals surface area contributed by atoms with Crippen LogP contribution in [0.1, 0.15) is 0 Å². The van der Waals surface area contributed by atoms with Crippen LogP contribution in [0.4, 0.5) is 11.4 Å². The van der Waals surface area contributed by atoms with E-state index in [1.807, 2.05) is 0 Å². The van der Waals surface area contributed by atoms with Gasteiger partial charge in [0.15, 0.2) is 0 Å². The van der Waals surface area contributed by atoms with E-state index in [1.165, 1.54) is 42.5 Å². The molecule has 2 rings (SSSR count). The van der Waals surface area contributed by atoms with Gasteiger partial charge in [0.2, 0.25) is 0 Å². The van der Waals surface area contributed by atoms with Crippen molar-refractivity contribution in [2.75, 3.05) is 4.31 Å². The lowest BCUT2D eigenvalue weighted by Gasteiger charge is -2.22. The molecule has 5 nitrogen and oxygen atoms in total. The van der Waals surface area contributed by atoms with E-state index in [9.17, 15) is 18.1 Å². The Balaban J connectivity index is 2.69. The molecule has 2 aromatic carbocycles. The summed E-state index contributed by atoms with van der Waals surface area (Å²) < 4.78 is 33.1. The summed E-state index contributed by atoms with van der Waals surface area (Å²) in [6.45, 7) is 0. The summed E-state index contributed by atoms with van der Waals surface area (Å²) >= 11 is 11.6. The van der Waals surface area contributed by atoms with Crippen LogP contribution in [0.25, 0.3) is 0 Å². The van der Waals surface area contributed by atoms with Gasteiger partial charge in [-0.15, -0.1) is 0 Å². The van der Waals surface area contributed by atoms with Crippen LogP contribution in [0.5, 0.6) is 5.75 Å². The lowest BCUT2D eigenvalue weighted by molar-refractivity contribution is 0.469. The Morgan fingerprint density at radius 3 is 2.05 bits per heavy atom. The average molecular weight is 334 g/mol. The normalized spacial score (nSPS) is 11.3. The highest BCUT2D eigenvalue weighted by Gasteiger charge is 2.25. The van der Waals surface area contributed by atoms with E-state index in [2.05, 4.69) is 0 Å². The fourth-order valence-electron chi connectivity index (χ4n) is 1.69. The molecule has 8 heteroatoms. The van der Waals surface area contributed by atoms with Crippen molar-refractivity contribution >= 4 is 44.9 Å². The van der Waals surface area contributed by atoms with Crippen LogP contribution in [0.15, 0.2) is 42.5 Å². The molecule has 0 bridgehead atoms. The largest absolute Gasteiger partial charge is 0.506 e. The number of benzene rings is 2. The minimum Gasteiger partial charge on any atom is -0.506 e. The predicted octanol–water partition coefficient (Wildman–Crippen LogP) is 3.64. The van der Waals surface area contributed by atoms with Crippen molar-refractivity contribution in [3.05, 3.63) is 52.5 Å². The quantitative estimate of drug-likeness (QED) is 0.840. The Morgan fingerprint density at radius 2 is 1.55 bits per heavy atom. The van der Waals surface area contributed by atoms with Gasteiger partial charge in [0.05, 0.1) is 5.69 Å². The number of hydrogen-bond acceptors (Lipinski definition) is 3. The average Bonchev–Trinajstić information content (AvgIpc) is 2.29. The number of anilines is 2. The number of nitrogens with zero attached hydrogens (tertiary/aromatic N) is 1. The smallest absolute Gasteiger partial charge is 0.364 e. The van der Waals surface area contributed by atoms with Gasteiger partial charge in [0, 0.05) is 10.0 Å². The van der Waals surface area contributed by atoms with E-state index in [0.29, 0.717) is 4.31 Å². The van der Waals surface area contributed by atoms with Crippen molar-refractivity contribution < 1.29 is 18.1 Å². The van der Waals surface area contributed by atoms with E-state index in [-0.39, 0.29) is 27.2 Å². The highest BCUT2D eigenvalue weighted by Crippen LogP contribution is 2.37. The molecule has 0 aliphatic rings. The maximum absolute atomic E-state index is 11.6. The minimum absolute atomic E-state index is 0.00602. The molecule has 0 unspecified atom stereocenters. The Morgan fingerprint density at radius 1 is 1.00 bits per heavy atom. The van der Waals surface area contributed by atoms with Crippen molar-refractivity contribution in [3.8, 4) is 5.75 Å². The monoisotopic (exact) mass is 333 g/mol. The Hall–Kier alpha value is -1.47.